The van der Waals surface area contributed by atoms with E-state index in [0.29, 0.717) is 12.0 Å². The fourth-order valence-electron chi connectivity index (χ4n) is 2.61. The number of aliphatic hydroxyl groups excluding tert-OH is 2. The molecule has 0 saturated heterocycles. The molecule has 2 bridgehead atoms. The highest BCUT2D eigenvalue weighted by Gasteiger charge is 2.53. The fourth-order valence-corrected chi connectivity index (χ4v) is 2.61. The minimum absolute atomic E-state index is 0.0768. The molecule has 2 N–H and O–H groups in total. The second kappa shape index (κ2) is 3.61. The van der Waals surface area contributed by atoms with Crippen LogP contribution in [0.1, 0.15) is 19.8 Å². The molecule has 4 nitrogen and oxygen atoms in total. The van der Waals surface area contributed by atoms with Gasteiger partial charge in [-0.15, -0.1) is 0 Å². The van der Waals surface area contributed by atoms with Gasteiger partial charge in [-0.05, 0) is 25.7 Å². The Hall–Kier alpha value is -0.870. The van der Waals surface area contributed by atoms with Crippen molar-refractivity contribution in [3.63, 3.8) is 0 Å². The lowest BCUT2D eigenvalue weighted by molar-refractivity contribution is -0.152. The summed E-state index contributed by atoms with van der Waals surface area (Å²) in [5, 5.41) is 19.2. The molecule has 0 spiro atoms. The van der Waals surface area contributed by atoms with Crippen molar-refractivity contribution in [2.24, 2.45) is 11.8 Å². The molecule has 0 aromatic carbocycles. The van der Waals surface area contributed by atoms with Crippen LogP contribution in [0.5, 0.6) is 0 Å². The molecule has 0 amide bonds. The predicted octanol–water partition coefficient (Wildman–Crippen LogP) is 0.236. The minimum Gasteiger partial charge on any atom is -0.459 e. The summed E-state index contributed by atoms with van der Waals surface area (Å²) in [6, 6.07) is 0. The van der Waals surface area contributed by atoms with Gasteiger partial charge in [0.1, 0.15) is 6.10 Å². The lowest BCUT2D eigenvalue weighted by Gasteiger charge is -2.29. The number of aliphatic hydroxyl groups is 2. The second-order valence-corrected chi connectivity index (χ2v) is 4.60. The van der Waals surface area contributed by atoms with Crippen molar-refractivity contribution in [1.29, 1.82) is 0 Å². The van der Waals surface area contributed by atoms with E-state index in [0.717, 1.165) is 6.42 Å². The lowest BCUT2D eigenvalue weighted by atomic mass is 9.92. The highest BCUT2D eigenvalue weighted by molar-refractivity contribution is 5.87. The molecule has 0 aromatic rings. The summed E-state index contributed by atoms with van der Waals surface area (Å²) in [5.74, 6) is -0.435. The summed E-state index contributed by atoms with van der Waals surface area (Å²) in [7, 11) is 0. The molecular weight excluding hydrogens is 196 g/mol. The first-order valence-electron chi connectivity index (χ1n) is 5.23. The Morgan fingerprint density at radius 3 is 2.47 bits per heavy atom. The summed E-state index contributed by atoms with van der Waals surface area (Å²) in [6.45, 7) is 5.10. The van der Waals surface area contributed by atoms with E-state index in [2.05, 4.69) is 6.58 Å². The van der Waals surface area contributed by atoms with E-state index in [1.807, 2.05) is 0 Å². The summed E-state index contributed by atoms with van der Waals surface area (Å²) in [4.78, 5) is 11.3. The van der Waals surface area contributed by atoms with Gasteiger partial charge in [0.25, 0.3) is 0 Å². The molecule has 2 fully saturated rings. The Kier molecular flexibility index (Phi) is 2.56. The average Bonchev–Trinajstić information content (AvgIpc) is 2.68. The Morgan fingerprint density at radius 1 is 1.33 bits per heavy atom. The first-order chi connectivity index (χ1) is 7.00. The smallest absolute Gasteiger partial charge is 0.333 e. The summed E-state index contributed by atoms with van der Waals surface area (Å²) >= 11 is 0. The molecule has 2 rings (SSSR count). The topological polar surface area (TPSA) is 66.8 Å². The van der Waals surface area contributed by atoms with E-state index >= 15 is 0 Å². The SMILES string of the molecule is C=C(C)C(=O)OC1CC2CC1C(O)C2O. The Morgan fingerprint density at radius 2 is 2.00 bits per heavy atom. The molecule has 5 unspecified atom stereocenters. The zero-order chi connectivity index (χ0) is 11.2. The molecule has 0 radical (unpaired) electrons. The van der Waals surface area contributed by atoms with Crippen LogP contribution >= 0.6 is 0 Å². The number of carbonyl (C=O) groups excluding carboxylic acids is 1. The first kappa shape index (κ1) is 10.6. The van der Waals surface area contributed by atoms with Crippen LogP contribution in [0.3, 0.4) is 0 Å². The van der Waals surface area contributed by atoms with Crippen molar-refractivity contribution in [1.82, 2.24) is 0 Å². The third kappa shape index (κ3) is 1.68. The zero-order valence-corrected chi connectivity index (χ0v) is 8.72. The van der Waals surface area contributed by atoms with Crippen LogP contribution in [0.15, 0.2) is 12.2 Å². The van der Waals surface area contributed by atoms with Gasteiger partial charge in [-0.3, -0.25) is 0 Å². The molecule has 0 heterocycles. The fraction of sp³-hybridized carbons (Fsp3) is 0.727. The summed E-state index contributed by atoms with van der Waals surface area (Å²) in [5.41, 5.74) is 0.368. The van der Waals surface area contributed by atoms with Crippen molar-refractivity contribution in [2.75, 3.05) is 0 Å². The number of carbonyl (C=O) groups is 1. The Balaban J connectivity index is 1.98. The van der Waals surface area contributed by atoms with E-state index < -0.39 is 18.2 Å². The summed E-state index contributed by atoms with van der Waals surface area (Å²) < 4.78 is 5.22. The maximum absolute atomic E-state index is 11.3. The number of fused-ring (bicyclic) bond motifs is 2. The summed E-state index contributed by atoms with van der Waals surface area (Å²) in [6.07, 6.45) is -0.239. The molecule has 0 aromatic heterocycles. The van der Waals surface area contributed by atoms with Crippen LogP contribution in [0.25, 0.3) is 0 Å². The standard InChI is InChI=1S/C11H16O4/c1-5(2)11(14)15-8-4-6-3-7(8)10(13)9(6)12/h6-10,12-13H,1,3-4H2,2H3. The van der Waals surface area contributed by atoms with E-state index in [4.69, 9.17) is 4.74 Å². The van der Waals surface area contributed by atoms with E-state index in [1.54, 1.807) is 6.92 Å². The highest BCUT2D eigenvalue weighted by Crippen LogP contribution is 2.46. The highest BCUT2D eigenvalue weighted by atomic mass is 16.5. The maximum Gasteiger partial charge on any atom is 0.333 e. The largest absolute Gasteiger partial charge is 0.459 e. The first-order valence-corrected chi connectivity index (χ1v) is 5.23. The van der Waals surface area contributed by atoms with Crippen LogP contribution in [0, 0.1) is 11.8 Å². The number of rotatable bonds is 2. The molecule has 2 aliphatic rings. The van der Waals surface area contributed by atoms with Crippen molar-refractivity contribution in [2.45, 2.75) is 38.1 Å². The number of esters is 1. The van der Waals surface area contributed by atoms with Gasteiger partial charge in [0.05, 0.1) is 12.2 Å². The van der Waals surface area contributed by atoms with E-state index in [9.17, 15) is 15.0 Å². The molecule has 84 valence electrons. The minimum atomic E-state index is -0.744. The molecule has 0 aliphatic heterocycles. The van der Waals surface area contributed by atoms with Crippen LogP contribution in [-0.4, -0.2) is 34.5 Å². The van der Waals surface area contributed by atoms with Crippen LogP contribution in [0.4, 0.5) is 0 Å². The molecular formula is C11H16O4. The third-order valence-corrected chi connectivity index (χ3v) is 3.47. The van der Waals surface area contributed by atoms with Gasteiger partial charge in [-0.2, -0.15) is 0 Å². The third-order valence-electron chi connectivity index (χ3n) is 3.47. The van der Waals surface area contributed by atoms with Gasteiger partial charge in [0, 0.05) is 11.5 Å². The molecule has 5 atom stereocenters. The van der Waals surface area contributed by atoms with Gasteiger partial charge < -0.3 is 14.9 Å². The number of hydrogen-bond acceptors (Lipinski definition) is 4. The van der Waals surface area contributed by atoms with Gasteiger partial charge in [-0.25, -0.2) is 4.79 Å². The van der Waals surface area contributed by atoms with Crippen LogP contribution in [-0.2, 0) is 9.53 Å². The average molecular weight is 212 g/mol. The Bertz CT molecular complexity index is 297. The Labute approximate surface area is 88.6 Å². The number of hydrogen-bond donors (Lipinski definition) is 2. The van der Waals surface area contributed by atoms with Crippen molar-refractivity contribution >= 4 is 5.97 Å². The molecule has 4 heteroatoms. The van der Waals surface area contributed by atoms with Crippen molar-refractivity contribution < 1.29 is 19.7 Å². The van der Waals surface area contributed by atoms with Crippen molar-refractivity contribution in [3.8, 4) is 0 Å². The van der Waals surface area contributed by atoms with Gasteiger partial charge >= 0.3 is 5.97 Å². The normalized spacial score (nSPS) is 43.0. The second-order valence-electron chi connectivity index (χ2n) is 4.60. The predicted molar refractivity (Wildman–Crippen MR) is 52.9 cm³/mol. The van der Waals surface area contributed by atoms with Crippen LogP contribution < -0.4 is 0 Å². The van der Waals surface area contributed by atoms with Gasteiger partial charge in [0.2, 0.25) is 0 Å². The van der Waals surface area contributed by atoms with Crippen LogP contribution in [0.2, 0.25) is 0 Å². The molecule has 2 aliphatic carbocycles. The molecule has 2 saturated carbocycles. The quantitative estimate of drug-likeness (QED) is 0.508. The van der Waals surface area contributed by atoms with Gasteiger partial charge in [0.15, 0.2) is 0 Å². The van der Waals surface area contributed by atoms with Gasteiger partial charge in [-0.1, -0.05) is 6.58 Å². The lowest BCUT2D eigenvalue weighted by Crippen LogP contribution is -2.41. The van der Waals surface area contributed by atoms with E-state index in [1.165, 1.54) is 0 Å². The van der Waals surface area contributed by atoms with Crippen molar-refractivity contribution in [3.05, 3.63) is 12.2 Å². The van der Waals surface area contributed by atoms with E-state index in [-0.39, 0.29) is 17.9 Å². The molecule has 15 heavy (non-hydrogen) atoms. The zero-order valence-electron chi connectivity index (χ0n) is 8.72. The maximum atomic E-state index is 11.3. The monoisotopic (exact) mass is 212 g/mol. The number of ether oxygens (including phenoxy) is 1.